The molecule has 1 heterocycles. The summed E-state index contributed by atoms with van der Waals surface area (Å²) >= 11 is 5.97. The minimum absolute atomic E-state index is 0.0951. The molecule has 2 rings (SSSR count). The Kier molecular flexibility index (Phi) is 3.52. The third-order valence-electron chi connectivity index (χ3n) is 2.85. The molecule has 18 heavy (non-hydrogen) atoms. The van der Waals surface area contributed by atoms with E-state index < -0.39 is 11.9 Å². The number of rotatable bonds is 2. The highest BCUT2D eigenvalue weighted by atomic mass is 35.5. The van der Waals surface area contributed by atoms with Gasteiger partial charge in [0.15, 0.2) is 0 Å². The minimum atomic E-state index is -0.648. The molecule has 2 amide bonds. The standard InChI is InChI=1S/C12H12ClFN2O2/c1-2-9-12(18)15-6-11(17)16(9)10-5-7(14)3-4-8(10)13/h3-5,9H,2,6H2,1H3,(H,15,18). The number of hydrogen-bond donors (Lipinski definition) is 1. The number of carbonyl (C=O) groups excluding carboxylic acids is 2. The highest BCUT2D eigenvalue weighted by molar-refractivity contribution is 6.34. The first-order valence-corrected chi connectivity index (χ1v) is 5.97. The first-order valence-electron chi connectivity index (χ1n) is 5.59. The lowest BCUT2D eigenvalue weighted by atomic mass is 10.1. The SMILES string of the molecule is CCC1C(=O)NCC(=O)N1c1cc(F)ccc1Cl. The average Bonchev–Trinajstić information content (AvgIpc) is 2.35. The molecule has 6 heteroatoms. The number of piperazine rings is 1. The Morgan fingerprint density at radius 3 is 2.89 bits per heavy atom. The number of nitrogens with one attached hydrogen (secondary N) is 1. The van der Waals surface area contributed by atoms with Gasteiger partial charge in [0.1, 0.15) is 11.9 Å². The van der Waals surface area contributed by atoms with Crippen LogP contribution in [0, 0.1) is 5.82 Å². The first kappa shape index (κ1) is 12.8. The van der Waals surface area contributed by atoms with Gasteiger partial charge in [-0.25, -0.2) is 4.39 Å². The molecule has 0 bridgehead atoms. The normalized spacial score (nSPS) is 19.9. The third-order valence-corrected chi connectivity index (χ3v) is 3.17. The van der Waals surface area contributed by atoms with E-state index in [-0.39, 0.29) is 29.1 Å². The van der Waals surface area contributed by atoms with Crippen LogP contribution in [0.5, 0.6) is 0 Å². The maximum Gasteiger partial charge on any atom is 0.247 e. The summed E-state index contributed by atoms with van der Waals surface area (Å²) < 4.78 is 13.3. The van der Waals surface area contributed by atoms with E-state index in [4.69, 9.17) is 11.6 Å². The summed E-state index contributed by atoms with van der Waals surface area (Å²) in [4.78, 5) is 24.9. The van der Waals surface area contributed by atoms with Gasteiger partial charge in [0.25, 0.3) is 0 Å². The van der Waals surface area contributed by atoms with Crippen molar-refractivity contribution < 1.29 is 14.0 Å². The van der Waals surface area contributed by atoms with E-state index in [1.165, 1.54) is 23.1 Å². The molecule has 1 aliphatic heterocycles. The fourth-order valence-corrected chi connectivity index (χ4v) is 2.21. The molecular formula is C12H12ClFN2O2. The Morgan fingerprint density at radius 2 is 2.22 bits per heavy atom. The zero-order chi connectivity index (χ0) is 13.3. The number of nitrogens with zero attached hydrogens (tertiary/aromatic N) is 1. The van der Waals surface area contributed by atoms with Gasteiger partial charge in [-0.2, -0.15) is 0 Å². The number of benzene rings is 1. The molecule has 1 unspecified atom stereocenters. The molecule has 1 aromatic rings. The van der Waals surface area contributed by atoms with Crippen LogP contribution >= 0.6 is 11.6 Å². The zero-order valence-corrected chi connectivity index (χ0v) is 10.5. The maximum absolute atomic E-state index is 13.3. The predicted molar refractivity (Wildman–Crippen MR) is 66.0 cm³/mol. The summed E-state index contributed by atoms with van der Waals surface area (Å²) in [6, 6.07) is 3.10. The molecule has 1 N–H and O–H groups in total. The maximum atomic E-state index is 13.3. The van der Waals surface area contributed by atoms with Crippen molar-refractivity contribution in [2.24, 2.45) is 0 Å². The topological polar surface area (TPSA) is 49.4 Å². The Bertz CT molecular complexity index is 507. The number of amides is 2. The van der Waals surface area contributed by atoms with Gasteiger partial charge in [0, 0.05) is 0 Å². The minimum Gasteiger partial charge on any atom is -0.345 e. The van der Waals surface area contributed by atoms with Crippen molar-refractivity contribution in [3.05, 3.63) is 29.0 Å². The van der Waals surface area contributed by atoms with Crippen LogP contribution in [0.25, 0.3) is 0 Å². The van der Waals surface area contributed by atoms with Gasteiger partial charge in [-0.15, -0.1) is 0 Å². The monoisotopic (exact) mass is 270 g/mol. The van der Waals surface area contributed by atoms with E-state index in [2.05, 4.69) is 5.32 Å². The lowest BCUT2D eigenvalue weighted by Crippen LogP contribution is -2.58. The molecule has 1 saturated heterocycles. The van der Waals surface area contributed by atoms with E-state index in [1.54, 1.807) is 6.92 Å². The van der Waals surface area contributed by atoms with Crippen molar-refractivity contribution in [2.45, 2.75) is 19.4 Å². The number of hydrogen-bond acceptors (Lipinski definition) is 2. The lowest BCUT2D eigenvalue weighted by molar-refractivity contribution is -0.131. The summed E-state index contributed by atoms with van der Waals surface area (Å²) in [6.07, 6.45) is 0.435. The van der Waals surface area contributed by atoms with E-state index in [0.29, 0.717) is 6.42 Å². The molecule has 0 saturated carbocycles. The van der Waals surface area contributed by atoms with Gasteiger partial charge in [-0.1, -0.05) is 18.5 Å². The lowest BCUT2D eigenvalue weighted by Gasteiger charge is -2.34. The second kappa shape index (κ2) is 4.94. The highest BCUT2D eigenvalue weighted by Gasteiger charge is 2.35. The van der Waals surface area contributed by atoms with Crippen molar-refractivity contribution in [1.82, 2.24) is 5.32 Å². The van der Waals surface area contributed by atoms with Gasteiger partial charge in [-0.05, 0) is 24.6 Å². The van der Waals surface area contributed by atoms with Crippen LogP contribution in [0.2, 0.25) is 5.02 Å². The van der Waals surface area contributed by atoms with Crippen molar-refractivity contribution >= 4 is 29.1 Å². The molecule has 0 radical (unpaired) electrons. The molecule has 0 spiro atoms. The van der Waals surface area contributed by atoms with Gasteiger partial charge in [0.2, 0.25) is 11.8 Å². The second-order valence-electron chi connectivity index (χ2n) is 4.00. The Morgan fingerprint density at radius 1 is 1.50 bits per heavy atom. The number of anilines is 1. The molecule has 4 nitrogen and oxygen atoms in total. The summed E-state index contributed by atoms with van der Waals surface area (Å²) in [7, 11) is 0. The van der Waals surface area contributed by atoms with Gasteiger partial charge >= 0.3 is 0 Å². The first-order chi connectivity index (χ1) is 8.54. The molecular weight excluding hydrogens is 259 g/mol. The fraction of sp³-hybridized carbons (Fsp3) is 0.333. The molecule has 0 aliphatic carbocycles. The van der Waals surface area contributed by atoms with Crippen molar-refractivity contribution in [3.63, 3.8) is 0 Å². The van der Waals surface area contributed by atoms with Crippen LogP contribution in [0.1, 0.15) is 13.3 Å². The largest absolute Gasteiger partial charge is 0.345 e. The Hall–Kier alpha value is -1.62. The summed E-state index contributed by atoms with van der Waals surface area (Å²) in [5.74, 6) is -1.05. The summed E-state index contributed by atoms with van der Waals surface area (Å²) in [5.41, 5.74) is 0.239. The second-order valence-corrected chi connectivity index (χ2v) is 4.41. The van der Waals surface area contributed by atoms with Crippen LogP contribution in [-0.2, 0) is 9.59 Å². The quantitative estimate of drug-likeness (QED) is 0.890. The van der Waals surface area contributed by atoms with Crippen LogP contribution < -0.4 is 10.2 Å². The van der Waals surface area contributed by atoms with Crippen LogP contribution in [-0.4, -0.2) is 24.4 Å². The predicted octanol–water partition coefficient (Wildman–Crippen LogP) is 1.72. The smallest absolute Gasteiger partial charge is 0.247 e. The zero-order valence-electron chi connectivity index (χ0n) is 9.74. The van der Waals surface area contributed by atoms with Gasteiger partial charge < -0.3 is 5.32 Å². The molecule has 96 valence electrons. The average molecular weight is 271 g/mol. The Balaban J connectivity index is 2.47. The van der Waals surface area contributed by atoms with Crippen molar-refractivity contribution in [3.8, 4) is 0 Å². The summed E-state index contributed by atoms with van der Waals surface area (Å²) in [5, 5.41) is 2.75. The third kappa shape index (κ3) is 2.18. The van der Waals surface area contributed by atoms with Crippen molar-refractivity contribution in [1.29, 1.82) is 0 Å². The van der Waals surface area contributed by atoms with E-state index in [1.807, 2.05) is 0 Å². The number of carbonyl (C=O) groups is 2. The summed E-state index contributed by atoms with van der Waals surface area (Å²) in [6.45, 7) is 1.69. The van der Waals surface area contributed by atoms with Crippen LogP contribution in [0.4, 0.5) is 10.1 Å². The van der Waals surface area contributed by atoms with Crippen LogP contribution in [0.3, 0.4) is 0 Å². The number of halogens is 2. The molecule has 1 fully saturated rings. The van der Waals surface area contributed by atoms with E-state index in [9.17, 15) is 14.0 Å². The Labute approximate surface area is 109 Å². The van der Waals surface area contributed by atoms with Crippen LogP contribution in [0.15, 0.2) is 18.2 Å². The van der Waals surface area contributed by atoms with Crippen molar-refractivity contribution in [2.75, 3.05) is 11.4 Å². The molecule has 1 atom stereocenters. The highest BCUT2D eigenvalue weighted by Crippen LogP contribution is 2.30. The van der Waals surface area contributed by atoms with E-state index >= 15 is 0 Å². The van der Waals surface area contributed by atoms with Gasteiger partial charge in [0.05, 0.1) is 17.3 Å². The fourth-order valence-electron chi connectivity index (χ4n) is 2.00. The molecule has 1 aliphatic rings. The molecule has 1 aromatic carbocycles. The molecule has 0 aromatic heterocycles. The van der Waals surface area contributed by atoms with E-state index in [0.717, 1.165) is 0 Å². The van der Waals surface area contributed by atoms with Gasteiger partial charge in [-0.3, -0.25) is 14.5 Å².